The molecule has 2 aromatic rings. The Morgan fingerprint density at radius 2 is 1.95 bits per heavy atom. The molecule has 0 atom stereocenters. The first kappa shape index (κ1) is 19.2. The van der Waals surface area contributed by atoms with Crippen LogP contribution >= 0.6 is 0 Å². The molecule has 22 heavy (non-hydrogen) atoms. The van der Waals surface area contributed by atoms with Gasteiger partial charge in [0.15, 0.2) is 0 Å². The predicted molar refractivity (Wildman–Crippen MR) is 79.1 cm³/mol. The smallest absolute Gasteiger partial charge is 0.204 e. The summed E-state index contributed by atoms with van der Waals surface area (Å²) in [4.78, 5) is 20.3. The monoisotopic (exact) mass is 547 g/mol. The van der Waals surface area contributed by atoms with Gasteiger partial charge in [-0.15, -0.1) is 5.69 Å². The van der Waals surface area contributed by atoms with E-state index in [0.717, 1.165) is 5.56 Å². The molecule has 0 bridgehead atoms. The Hall–Kier alpha value is -0.815. The van der Waals surface area contributed by atoms with Crippen LogP contribution in [0, 0.1) is 51.0 Å². The van der Waals surface area contributed by atoms with Crippen LogP contribution in [0.3, 0.4) is 0 Å². The number of aryl methyl sites for hydroxylation is 1. The molecule has 6 heteroatoms. The molecule has 111 valence electrons. The standard InChI is InChI=1S/C16H13N3O.Ac.Ni/c1-10-4-5-14(12(17)9-10)19-13-6-7-15(20)16-11(13)3-2-8-18-16;;/h2-9H,1H3,(H2,17,20);;/p-1. The van der Waals surface area contributed by atoms with Gasteiger partial charge in [-0.1, -0.05) is 17.7 Å². The normalized spacial score (nSPS) is 14.0. The Labute approximate surface area is 174 Å². The third kappa shape index (κ3) is 3.93. The van der Waals surface area contributed by atoms with E-state index in [9.17, 15) is 4.79 Å². The minimum Gasteiger partial charge on any atom is -0.697 e. The molecule has 4 nitrogen and oxygen atoms in total. The maximum atomic E-state index is 11.8. The fraction of sp³-hybridized carbons (Fsp3) is 0.0625. The molecule has 0 saturated heterocycles. The molecule has 1 heterocycles. The largest absolute Gasteiger partial charge is 0.697 e. The van der Waals surface area contributed by atoms with Crippen molar-refractivity contribution in [1.29, 1.82) is 0 Å². The molecular formula is C16H12AcN3NiO-. The summed E-state index contributed by atoms with van der Waals surface area (Å²) in [7, 11) is 0. The molecule has 1 aliphatic carbocycles. The summed E-state index contributed by atoms with van der Waals surface area (Å²) in [5.74, 6) is -0.116. The number of carbonyl (C=O) groups excluding carboxylic acids is 1. The fourth-order valence-corrected chi connectivity index (χ4v) is 2.11. The molecule has 0 unspecified atom stereocenters. The summed E-state index contributed by atoms with van der Waals surface area (Å²) >= 11 is 0. The van der Waals surface area contributed by atoms with Crippen molar-refractivity contribution in [1.82, 2.24) is 4.98 Å². The van der Waals surface area contributed by atoms with Crippen molar-refractivity contribution in [3.05, 3.63) is 71.2 Å². The van der Waals surface area contributed by atoms with E-state index in [1.807, 2.05) is 25.1 Å². The maximum absolute atomic E-state index is 11.8. The van der Waals surface area contributed by atoms with Gasteiger partial charge in [0.05, 0.1) is 5.71 Å². The van der Waals surface area contributed by atoms with Crippen LogP contribution in [-0.4, -0.2) is 16.5 Å². The Bertz CT molecular complexity index is 772. The molecular weight excluding hydrogens is 536 g/mol. The summed E-state index contributed by atoms with van der Waals surface area (Å²) in [6.07, 6.45) is 4.73. The quantitative estimate of drug-likeness (QED) is 0.508. The Morgan fingerprint density at radius 3 is 2.68 bits per heavy atom. The Kier molecular flexibility index (Phi) is 7.13. The van der Waals surface area contributed by atoms with Crippen LogP contribution in [-0.2, 0) is 16.5 Å². The van der Waals surface area contributed by atoms with Crippen LogP contribution in [0.1, 0.15) is 21.6 Å². The van der Waals surface area contributed by atoms with Gasteiger partial charge >= 0.3 is 0 Å². The average molecular weight is 548 g/mol. The molecule has 1 N–H and O–H groups in total. The number of aromatic nitrogens is 1. The van der Waals surface area contributed by atoms with E-state index < -0.39 is 0 Å². The minimum atomic E-state index is -0.116. The third-order valence-corrected chi connectivity index (χ3v) is 3.10. The second kappa shape index (κ2) is 8.15. The molecule has 0 fully saturated rings. The predicted octanol–water partition coefficient (Wildman–Crippen LogP) is 3.94. The van der Waals surface area contributed by atoms with Crippen molar-refractivity contribution in [2.75, 3.05) is 0 Å². The van der Waals surface area contributed by atoms with E-state index in [-0.39, 0.29) is 66.3 Å². The molecule has 0 aliphatic heterocycles. The van der Waals surface area contributed by atoms with Gasteiger partial charge in [-0.3, -0.25) is 9.78 Å². The number of pyridine rings is 1. The van der Waals surface area contributed by atoms with Crippen molar-refractivity contribution in [3.63, 3.8) is 0 Å². The van der Waals surface area contributed by atoms with Crippen LogP contribution in [0.25, 0.3) is 5.73 Å². The number of nitrogens with one attached hydrogen (secondary N) is 1. The number of fused-ring (bicyclic) bond motifs is 1. The van der Waals surface area contributed by atoms with Gasteiger partial charge in [0.1, 0.15) is 5.69 Å². The number of benzene rings is 1. The number of nitrogens with zero attached hydrogens (tertiary/aromatic N) is 2. The van der Waals surface area contributed by atoms with Crippen molar-refractivity contribution in [3.8, 4) is 0 Å². The van der Waals surface area contributed by atoms with Crippen LogP contribution < -0.4 is 0 Å². The van der Waals surface area contributed by atoms with E-state index >= 15 is 0 Å². The van der Waals surface area contributed by atoms with Crippen LogP contribution in [0.5, 0.6) is 0 Å². The van der Waals surface area contributed by atoms with Gasteiger partial charge in [-0.25, -0.2) is 4.99 Å². The molecule has 1 aromatic carbocycles. The molecule has 0 amide bonds. The van der Waals surface area contributed by atoms with Crippen molar-refractivity contribution >= 4 is 22.9 Å². The van der Waals surface area contributed by atoms with Gasteiger partial charge in [-0.05, 0) is 37.3 Å². The second-order valence-electron chi connectivity index (χ2n) is 4.61. The number of hydrogen-bond acceptors (Lipinski definition) is 3. The average Bonchev–Trinajstić information content (AvgIpc) is 2.45. The zero-order chi connectivity index (χ0) is 14.1. The molecule has 1 aliphatic rings. The first-order valence-corrected chi connectivity index (χ1v) is 6.24. The van der Waals surface area contributed by atoms with Crippen molar-refractivity contribution in [2.45, 2.75) is 6.92 Å². The number of hydrogen-bond donors (Lipinski definition) is 0. The van der Waals surface area contributed by atoms with E-state index in [1.54, 1.807) is 24.4 Å². The van der Waals surface area contributed by atoms with Gasteiger partial charge < -0.3 is 5.73 Å². The third-order valence-electron chi connectivity index (χ3n) is 3.10. The minimum absolute atomic E-state index is 0. The number of allylic oxidation sites excluding steroid dienone is 2. The van der Waals surface area contributed by atoms with E-state index in [0.29, 0.717) is 28.3 Å². The number of aliphatic imine (C=N–C) groups is 1. The van der Waals surface area contributed by atoms with Crippen molar-refractivity contribution < 1.29 is 65.3 Å². The molecule has 0 saturated carbocycles. The number of carbonyl (C=O) groups is 1. The maximum Gasteiger partial charge on any atom is 0.204 e. The SMILES string of the molecule is Cc1ccc(N=C2C=CC(=O)c3ncccc32)c([NH-])c1.[Ac].[Ni]. The van der Waals surface area contributed by atoms with Crippen molar-refractivity contribution in [2.24, 2.45) is 4.99 Å². The van der Waals surface area contributed by atoms with Crippen LogP contribution in [0.15, 0.2) is 53.7 Å². The van der Waals surface area contributed by atoms with E-state index in [4.69, 9.17) is 5.73 Å². The van der Waals surface area contributed by atoms with Gasteiger partial charge in [0.25, 0.3) is 0 Å². The summed E-state index contributed by atoms with van der Waals surface area (Å²) in [5.41, 5.74) is 11.7. The van der Waals surface area contributed by atoms with E-state index in [1.165, 1.54) is 6.08 Å². The molecule has 3 rings (SSSR count). The zero-order valence-corrected chi connectivity index (χ0v) is 17.5. The topological polar surface area (TPSA) is 66.1 Å². The number of ketones is 1. The molecule has 1 radical (unpaired) electrons. The Balaban J connectivity index is 0.00000121. The first-order valence-electron chi connectivity index (χ1n) is 6.24. The second-order valence-corrected chi connectivity index (χ2v) is 4.61. The molecule has 1 aromatic heterocycles. The van der Waals surface area contributed by atoms with Gasteiger partial charge in [0.2, 0.25) is 5.78 Å². The zero-order valence-electron chi connectivity index (χ0n) is 11.8. The summed E-state index contributed by atoms with van der Waals surface area (Å²) in [6, 6.07) is 9.09. The van der Waals surface area contributed by atoms with Gasteiger partial charge in [0, 0.05) is 78.0 Å². The molecule has 0 spiro atoms. The van der Waals surface area contributed by atoms with Crippen LogP contribution in [0.2, 0.25) is 0 Å². The first-order chi connectivity index (χ1) is 9.65. The Morgan fingerprint density at radius 1 is 1.18 bits per heavy atom. The summed E-state index contributed by atoms with van der Waals surface area (Å²) < 4.78 is 0. The fourth-order valence-electron chi connectivity index (χ4n) is 2.11. The summed E-state index contributed by atoms with van der Waals surface area (Å²) in [5, 5.41) is 0. The van der Waals surface area contributed by atoms with Gasteiger partial charge in [-0.2, -0.15) is 0 Å². The summed E-state index contributed by atoms with van der Waals surface area (Å²) in [6.45, 7) is 1.94. The number of rotatable bonds is 1. The van der Waals surface area contributed by atoms with E-state index in [2.05, 4.69) is 9.98 Å². The van der Waals surface area contributed by atoms with Crippen LogP contribution in [0.4, 0.5) is 11.4 Å².